The Morgan fingerprint density at radius 1 is 0.685 bits per heavy atom. The van der Waals surface area contributed by atoms with Gasteiger partial charge in [0.1, 0.15) is 22.9 Å². The van der Waals surface area contributed by atoms with E-state index in [2.05, 4.69) is 46.4 Å². The van der Waals surface area contributed by atoms with E-state index >= 15 is 0 Å². The molecule has 4 unspecified atom stereocenters. The van der Waals surface area contributed by atoms with E-state index in [1.807, 2.05) is 48.8 Å². The van der Waals surface area contributed by atoms with Crippen LogP contribution in [0.4, 0.5) is 11.4 Å². The van der Waals surface area contributed by atoms with Gasteiger partial charge in [0, 0.05) is 48.3 Å². The molecule has 11 rings (SSSR count). The van der Waals surface area contributed by atoms with Crippen LogP contribution < -0.4 is 31.0 Å². The molecule has 3 aromatic carbocycles. The Hall–Kier alpha value is -4.54. The second-order valence-corrected chi connectivity index (χ2v) is 16.2. The lowest BCUT2D eigenvalue weighted by Crippen LogP contribution is -2.57. The number of methoxy groups -OCH3 is 2. The molecule has 5 aromatic rings. The number of aromatic nitrogens is 2. The minimum Gasteiger partial charge on any atom is -0.497 e. The summed E-state index contributed by atoms with van der Waals surface area (Å²) in [6, 6.07) is 15.9. The van der Waals surface area contributed by atoms with Crippen LogP contribution >= 0.6 is 0 Å². The van der Waals surface area contributed by atoms with Crippen molar-refractivity contribution < 1.29 is 9.47 Å². The molecule has 282 valence electrons. The van der Waals surface area contributed by atoms with Crippen molar-refractivity contribution in [3.8, 4) is 11.5 Å². The van der Waals surface area contributed by atoms with Crippen LogP contribution in [0.25, 0.3) is 21.8 Å². The fourth-order valence-corrected chi connectivity index (χ4v) is 10.8. The zero-order chi connectivity index (χ0) is 37.1. The number of nitrogens with one attached hydrogen (secondary N) is 2. The van der Waals surface area contributed by atoms with Crippen molar-refractivity contribution >= 4 is 33.2 Å². The molecule has 0 aliphatic carbocycles. The first kappa shape index (κ1) is 35.2. The Kier molecular flexibility index (Phi) is 9.30. The number of fused-ring (bicyclic) bond motifs is 8. The van der Waals surface area contributed by atoms with E-state index in [0.717, 1.165) is 83.5 Å². The Balaban J connectivity index is 1.14. The van der Waals surface area contributed by atoms with Gasteiger partial charge in [0.15, 0.2) is 0 Å². The molecular weight excluding hydrogens is 677 g/mol. The van der Waals surface area contributed by atoms with Gasteiger partial charge in [-0.3, -0.25) is 29.4 Å². The maximum atomic E-state index is 13.9. The van der Waals surface area contributed by atoms with Crippen molar-refractivity contribution in [1.29, 1.82) is 0 Å². The lowest BCUT2D eigenvalue weighted by molar-refractivity contribution is -0.00812. The van der Waals surface area contributed by atoms with Crippen LogP contribution in [0.5, 0.6) is 11.5 Å². The third-order valence-electron chi connectivity index (χ3n) is 13.8. The molecule has 8 heterocycles. The maximum Gasteiger partial charge on any atom is 0.253 e. The summed E-state index contributed by atoms with van der Waals surface area (Å²) in [5.41, 5.74) is 3.72. The lowest BCUT2D eigenvalue weighted by Gasteiger charge is -2.53. The fourth-order valence-electron chi connectivity index (χ4n) is 10.8. The topological polar surface area (TPSA) is 109 Å². The third kappa shape index (κ3) is 5.93. The highest BCUT2D eigenvalue weighted by Gasteiger charge is 2.46. The van der Waals surface area contributed by atoms with Gasteiger partial charge in [-0.1, -0.05) is 26.7 Å². The van der Waals surface area contributed by atoms with Crippen molar-refractivity contribution in [1.82, 2.24) is 19.8 Å². The molecule has 6 aliphatic heterocycles. The van der Waals surface area contributed by atoms with Gasteiger partial charge in [-0.25, -0.2) is 0 Å². The zero-order valence-corrected chi connectivity index (χ0v) is 31.9. The van der Waals surface area contributed by atoms with Gasteiger partial charge >= 0.3 is 0 Å². The highest BCUT2D eigenvalue weighted by atomic mass is 16.5. The van der Waals surface area contributed by atoms with E-state index in [4.69, 9.17) is 19.4 Å². The predicted molar refractivity (Wildman–Crippen MR) is 214 cm³/mol. The quantitative estimate of drug-likeness (QED) is 0.131. The number of hydrogen-bond donors (Lipinski definition) is 2. The molecule has 0 saturated carbocycles. The molecule has 0 spiro atoms. The molecule has 10 nitrogen and oxygen atoms in total. The van der Waals surface area contributed by atoms with Crippen LogP contribution in [0.2, 0.25) is 0 Å². The zero-order valence-electron chi connectivity index (χ0n) is 31.9. The number of piperidine rings is 6. The van der Waals surface area contributed by atoms with Gasteiger partial charge in [0.25, 0.3) is 10.9 Å². The van der Waals surface area contributed by atoms with Crippen molar-refractivity contribution in [2.45, 2.75) is 76.5 Å². The normalized spacial score (nSPS) is 28.7. The minimum atomic E-state index is -0.461. The maximum absolute atomic E-state index is 13.9. The Labute approximate surface area is 317 Å². The van der Waals surface area contributed by atoms with Gasteiger partial charge in [-0.05, 0) is 122 Å². The number of hydrogen-bond acceptors (Lipinski definition) is 10. The first-order valence-electron chi connectivity index (χ1n) is 20.1. The van der Waals surface area contributed by atoms with E-state index in [0.29, 0.717) is 35.0 Å². The van der Waals surface area contributed by atoms with Gasteiger partial charge in [-0.15, -0.1) is 0 Å². The Morgan fingerprint density at radius 3 is 1.50 bits per heavy atom. The standard InChI is InChI=1S/C44H52N6O4/c1-5-25-23-49-17-13-27(25)19-37(49)39(31-11-15-45-35-9-7-29(53-3)21-33(31)35)47-41-42(44(52)43(41)51)48-40(38-20-28-14-18-50(38)24-26(28)6-2)32-12-16-46-36-10-8-30(54-4)22-34(32)36/h7-12,15-16,21-22,25-28,37-40,47-48H,5-6,13-14,17-20,23-24H2,1-4H3/t25-,26-,27-,28-,37-,38-,39?,40?/m0/s1. The number of nitrogens with zero attached hydrogens (tertiary/aromatic N) is 4. The summed E-state index contributed by atoms with van der Waals surface area (Å²) < 4.78 is 11.3. The molecule has 6 aliphatic rings. The number of anilines is 2. The summed E-state index contributed by atoms with van der Waals surface area (Å²) in [6.07, 6.45) is 10.5. The summed E-state index contributed by atoms with van der Waals surface area (Å²) in [5, 5.41) is 9.53. The highest BCUT2D eigenvalue weighted by molar-refractivity contribution is 5.86. The van der Waals surface area contributed by atoms with Crippen molar-refractivity contribution in [3.63, 3.8) is 0 Å². The first-order valence-corrected chi connectivity index (χ1v) is 20.1. The van der Waals surface area contributed by atoms with Gasteiger partial charge in [-0.2, -0.15) is 0 Å². The smallest absolute Gasteiger partial charge is 0.253 e. The van der Waals surface area contributed by atoms with Crippen LogP contribution in [0, 0.1) is 23.7 Å². The second-order valence-electron chi connectivity index (χ2n) is 16.2. The highest BCUT2D eigenvalue weighted by Crippen LogP contribution is 2.47. The second kappa shape index (κ2) is 14.3. The molecule has 10 heteroatoms. The summed E-state index contributed by atoms with van der Waals surface area (Å²) >= 11 is 0. The van der Waals surface area contributed by atoms with E-state index in [-0.39, 0.29) is 24.2 Å². The molecule has 6 fully saturated rings. The summed E-state index contributed by atoms with van der Waals surface area (Å²) in [5.74, 6) is 4.13. The molecule has 2 aromatic heterocycles. The van der Waals surface area contributed by atoms with Crippen molar-refractivity contribution in [2.24, 2.45) is 23.7 Å². The summed E-state index contributed by atoms with van der Waals surface area (Å²) in [7, 11) is 3.36. The molecule has 6 saturated heterocycles. The molecule has 4 bridgehead atoms. The summed E-state index contributed by atoms with van der Waals surface area (Å²) in [4.78, 5) is 42.3. The number of pyridine rings is 2. The molecular formula is C44H52N6O4. The lowest BCUT2D eigenvalue weighted by atomic mass is 9.72. The van der Waals surface area contributed by atoms with Crippen LogP contribution in [0.3, 0.4) is 0 Å². The molecule has 0 radical (unpaired) electrons. The van der Waals surface area contributed by atoms with E-state index in [1.165, 1.54) is 25.7 Å². The van der Waals surface area contributed by atoms with Crippen LogP contribution in [-0.2, 0) is 0 Å². The average Bonchev–Trinajstić information content (AvgIpc) is 3.24. The van der Waals surface area contributed by atoms with Crippen LogP contribution in [0.1, 0.15) is 75.6 Å². The molecule has 54 heavy (non-hydrogen) atoms. The van der Waals surface area contributed by atoms with Gasteiger partial charge in [0.05, 0.1) is 37.3 Å². The molecule has 10 atom stereocenters. The average molecular weight is 729 g/mol. The Morgan fingerprint density at radius 2 is 1.13 bits per heavy atom. The van der Waals surface area contributed by atoms with E-state index in [9.17, 15) is 9.59 Å². The SMILES string of the molecule is CC[C@H]1CN2CC[C@H]1C[C@H]2C(Nc1c(NC(c2ccnc3ccc(OC)cc23)[C@@H]2C[C@@H]3CCN2C[C@@H]3CC)c(=O)c1=O)c1ccnc2ccc(OC)cc12. The van der Waals surface area contributed by atoms with Gasteiger partial charge < -0.3 is 20.1 Å². The minimum absolute atomic E-state index is 0.152. The van der Waals surface area contributed by atoms with Crippen molar-refractivity contribution in [2.75, 3.05) is 51.0 Å². The molecule has 2 N–H and O–H groups in total. The fraction of sp³-hybridized carbons (Fsp3) is 0.500. The predicted octanol–water partition coefficient (Wildman–Crippen LogP) is 6.94. The Bertz CT molecular complexity index is 2090. The summed E-state index contributed by atoms with van der Waals surface area (Å²) in [6.45, 7) is 8.77. The van der Waals surface area contributed by atoms with Gasteiger partial charge in [0.2, 0.25) is 0 Å². The van der Waals surface area contributed by atoms with Crippen LogP contribution in [-0.4, -0.2) is 72.3 Å². The third-order valence-corrected chi connectivity index (χ3v) is 13.8. The largest absolute Gasteiger partial charge is 0.497 e. The van der Waals surface area contributed by atoms with E-state index < -0.39 is 10.9 Å². The van der Waals surface area contributed by atoms with Crippen molar-refractivity contribution in [3.05, 3.63) is 92.5 Å². The molecule has 0 amide bonds. The number of benzene rings is 2. The monoisotopic (exact) mass is 728 g/mol. The first-order chi connectivity index (χ1) is 26.4. The number of rotatable bonds is 12. The van der Waals surface area contributed by atoms with Crippen LogP contribution in [0.15, 0.2) is 70.5 Å². The van der Waals surface area contributed by atoms with E-state index in [1.54, 1.807) is 14.2 Å². The number of ether oxygens (including phenoxy) is 2.